The highest BCUT2D eigenvalue weighted by atomic mass is 79.9. The predicted molar refractivity (Wildman–Crippen MR) is 107 cm³/mol. The van der Waals surface area contributed by atoms with Gasteiger partial charge in [0.1, 0.15) is 11.3 Å². The standard InChI is InChI=1S/C20H21BrN4O/c1-14-3-8-18-22-15(2)19(25(18)13-14)20(26)24-11-9-23(10-12-24)17-6-4-16(21)5-7-17/h3-8,13H,9-12H2,1-2H3. The number of amides is 1. The quantitative estimate of drug-likeness (QED) is 0.644. The van der Waals surface area contributed by atoms with Crippen LogP contribution in [0, 0.1) is 13.8 Å². The van der Waals surface area contributed by atoms with Gasteiger partial charge in [0.15, 0.2) is 0 Å². The number of aryl methyl sites for hydroxylation is 2. The van der Waals surface area contributed by atoms with E-state index in [1.54, 1.807) is 0 Å². The lowest BCUT2D eigenvalue weighted by Crippen LogP contribution is -2.49. The van der Waals surface area contributed by atoms with Crippen molar-refractivity contribution in [2.75, 3.05) is 31.1 Å². The molecule has 2 aromatic heterocycles. The molecule has 0 spiro atoms. The highest BCUT2D eigenvalue weighted by Gasteiger charge is 2.26. The minimum absolute atomic E-state index is 0.0658. The van der Waals surface area contributed by atoms with Crippen molar-refractivity contribution in [1.82, 2.24) is 14.3 Å². The number of anilines is 1. The van der Waals surface area contributed by atoms with Crippen LogP contribution in [0.15, 0.2) is 47.1 Å². The lowest BCUT2D eigenvalue weighted by Gasteiger charge is -2.36. The van der Waals surface area contributed by atoms with Crippen molar-refractivity contribution in [3.63, 3.8) is 0 Å². The highest BCUT2D eigenvalue weighted by Crippen LogP contribution is 2.21. The Morgan fingerprint density at radius 3 is 2.38 bits per heavy atom. The predicted octanol–water partition coefficient (Wildman–Crippen LogP) is 3.68. The Labute approximate surface area is 161 Å². The van der Waals surface area contributed by atoms with Gasteiger partial charge >= 0.3 is 0 Å². The van der Waals surface area contributed by atoms with Gasteiger partial charge in [0.05, 0.1) is 5.69 Å². The van der Waals surface area contributed by atoms with Crippen LogP contribution < -0.4 is 4.90 Å². The van der Waals surface area contributed by atoms with Gasteiger partial charge in [-0.05, 0) is 49.7 Å². The van der Waals surface area contributed by atoms with Gasteiger partial charge in [-0.25, -0.2) is 4.98 Å². The van der Waals surface area contributed by atoms with E-state index in [1.807, 2.05) is 41.5 Å². The molecule has 1 amide bonds. The maximum atomic E-state index is 13.1. The zero-order valence-corrected chi connectivity index (χ0v) is 16.5. The monoisotopic (exact) mass is 412 g/mol. The van der Waals surface area contributed by atoms with E-state index < -0.39 is 0 Å². The van der Waals surface area contributed by atoms with E-state index in [-0.39, 0.29) is 5.91 Å². The zero-order valence-electron chi connectivity index (χ0n) is 14.9. The van der Waals surface area contributed by atoms with E-state index in [0.717, 1.165) is 34.5 Å². The molecule has 1 fully saturated rings. The lowest BCUT2D eigenvalue weighted by molar-refractivity contribution is 0.0739. The maximum Gasteiger partial charge on any atom is 0.272 e. The Kier molecular flexibility index (Phi) is 4.44. The number of pyridine rings is 1. The molecule has 26 heavy (non-hydrogen) atoms. The fourth-order valence-electron chi connectivity index (χ4n) is 3.50. The van der Waals surface area contributed by atoms with E-state index >= 15 is 0 Å². The van der Waals surface area contributed by atoms with Crippen LogP contribution in [0.2, 0.25) is 0 Å². The fraction of sp³-hybridized carbons (Fsp3) is 0.300. The second-order valence-corrected chi connectivity index (χ2v) is 7.65. The molecule has 0 bridgehead atoms. The summed E-state index contributed by atoms with van der Waals surface area (Å²) in [5.74, 6) is 0.0658. The topological polar surface area (TPSA) is 40.9 Å². The minimum Gasteiger partial charge on any atom is -0.368 e. The first-order valence-corrected chi connectivity index (χ1v) is 9.57. The SMILES string of the molecule is Cc1ccc2nc(C)c(C(=O)N3CCN(c4ccc(Br)cc4)CC3)n2c1. The van der Waals surface area contributed by atoms with Gasteiger partial charge in [-0.3, -0.25) is 9.20 Å². The van der Waals surface area contributed by atoms with Crippen molar-refractivity contribution in [3.05, 3.63) is 64.0 Å². The minimum atomic E-state index is 0.0658. The smallest absolute Gasteiger partial charge is 0.272 e. The zero-order chi connectivity index (χ0) is 18.3. The molecule has 1 aliphatic rings. The van der Waals surface area contributed by atoms with Crippen molar-refractivity contribution in [2.45, 2.75) is 13.8 Å². The summed E-state index contributed by atoms with van der Waals surface area (Å²) in [7, 11) is 0. The molecular formula is C20H21BrN4O. The summed E-state index contributed by atoms with van der Waals surface area (Å²) in [6, 6.07) is 12.3. The molecule has 5 nitrogen and oxygen atoms in total. The summed E-state index contributed by atoms with van der Waals surface area (Å²) < 4.78 is 3.00. The van der Waals surface area contributed by atoms with Crippen LogP contribution in [0.5, 0.6) is 0 Å². The third kappa shape index (κ3) is 3.09. The molecule has 6 heteroatoms. The van der Waals surface area contributed by atoms with E-state index in [1.165, 1.54) is 5.69 Å². The number of hydrogen-bond donors (Lipinski definition) is 0. The van der Waals surface area contributed by atoms with Gasteiger partial charge in [0, 0.05) is 42.5 Å². The number of halogens is 1. The van der Waals surface area contributed by atoms with Gasteiger partial charge in [0.25, 0.3) is 5.91 Å². The molecule has 1 saturated heterocycles. The number of carbonyl (C=O) groups excluding carboxylic acids is 1. The third-order valence-corrected chi connectivity index (χ3v) is 5.43. The van der Waals surface area contributed by atoms with Crippen molar-refractivity contribution >= 4 is 33.2 Å². The molecule has 0 atom stereocenters. The van der Waals surface area contributed by atoms with Gasteiger partial charge < -0.3 is 9.80 Å². The third-order valence-electron chi connectivity index (χ3n) is 4.90. The molecule has 4 rings (SSSR count). The summed E-state index contributed by atoms with van der Waals surface area (Å²) in [6.07, 6.45) is 1.99. The van der Waals surface area contributed by atoms with Crippen LogP contribution in [0.3, 0.4) is 0 Å². The Bertz CT molecular complexity index is 956. The first-order chi connectivity index (χ1) is 12.5. The number of carbonyl (C=O) groups is 1. The van der Waals surface area contributed by atoms with Crippen LogP contribution in [0.1, 0.15) is 21.7 Å². The van der Waals surface area contributed by atoms with Gasteiger partial charge in [0.2, 0.25) is 0 Å². The Balaban J connectivity index is 1.53. The highest BCUT2D eigenvalue weighted by molar-refractivity contribution is 9.10. The van der Waals surface area contributed by atoms with Gasteiger partial charge in [-0.2, -0.15) is 0 Å². The van der Waals surface area contributed by atoms with E-state index in [2.05, 4.69) is 50.1 Å². The molecule has 1 aromatic carbocycles. The fourth-order valence-corrected chi connectivity index (χ4v) is 3.76. The molecule has 0 radical (unpaired) electrons. The molecular weight excluding hydrogens is 392 g/mol. The summed E-state index contributed by atoms with van der Waals surface area (Å²) in [4.78, 5) is 21.9. The first kappa shape index (κ1) is 17.1. The van der Waals surface area contributed by atoms with Crippen molar-refractivity contribution in [2.24, 2.45) is 0 Å². The second-order valence-electron chi connectivity index (χ2n) is 6.74. The second kappa shape index (κ2) is 6.76. The molecule has 134 valence electrons. The Morgan fingerprint density at radius 2 is 1.69 bits per heavy atom. The van der Waals surface area contributed by atoms with Crippen molar-refractivity contribution in [1.29, 1.82) is 0 Å². The van der Waals surface area contributed by atoms with E-state index in [9.17, 15) is 4.79 Å². The van der Waals surface area contributed by atoms with Crippen molar-refractivity contribution in [3.8, 4) is 0 Å². The molecule has 0 unspecified atom stereocenters. The number of piperazine rings is 1. The number of rotatable bonds is 2. The summed E-state index contributed by atoms with van der Waals surface area (Å²) in [5, 5.41) is 0. The molecule has 3 aromatic rings. The van der Waals surface area contributed by atoms with E-state index in [4.69, 9.17) is 0 Å². The van der Waals surface area contributed by atoms with Crippen LogP contribution in [0.25, 0.3) is 5.65 Å². The average molecular weight is 413 g/mol. The summed E-state index contributed by atoms with van der Waals surface area (Å²) in [6.45, 7) is 7.04. The number of nitrogens with zero attached hydrogens (tertiary/aromatic N) is 4. The molecule has 3 heterocycles. The first-order valence-electron chi connectivity index (χ1n) is 8.78. The van der Waals surface area contributed by atoms with Gasteiger partial charge in [-0.1, -0.05) is 22.0 Å². The van der Waals surface area contributed by atoms with Gasteiger partial charge in [-0.15, -0.1) is 0 Å². The van der Waals surface area contributed by atoms with Crippen LogP contribution in [0.4, 0.5) is 5.69 Å². The Hall–Kier alpha value is -2.34. The number of imidazole rings is 1. The van der Waals surface area contributed by atoms with Crippen LogP contribution in [-0.4, -0.2) is 46.4 Å². The molecule has 0 aliphatic carbocycles. The number of benzene rings is 1. The van der Waals surface area contributed by atoms with Crippen LogP contribution >= 0.6 is 15.9 Å². The number of aromatic nitrogens is 2. The van der Waals surface area contributed by atoms with Crippen LogP contribution in [-0.2, 0) is 0 Å². The summed E-state index contributed by atoms with van der Waals surface area (Å²) in [5.41, 5.74) is 4.60. The normalized spacial score (nSPS) is 14.9. The van der Waals surface area contributed by atoms with Crippen molar-refractivity contribution < 1.29 is 4.79 Å². The molecule has 0 N–H and O–H groups in total. The Morgan fingerprint density at radius 1 is 1.00 bits per heavy atom. The van der Waals surface area contributed by atoms with E-state index in [0.29, 0.717) is 18.8 Å². The largest absolute Gasteiger partial charge is 0.368 e. The maximum absolute atomic E-state index is 13.1. The molecule has 0 saturated carbocycles. The number of fused-ring (bicyclic) bond motifs is 1. The average Bonchev–Trinajstić information content (AvgIpc) is 2.97. The lowest BCUT2D eigenvalue weighted by atomic mass is 10.2. The number of hydrogen-bond acceptors (Lipinski definition) is 3. The molecule has 1 aliphatic heterocycles. The summed E-state index contributed by atoms with van der Waals surface area (Å²) >= 11 is 3.47.